The van der Waals surface area contributed by atoms with Gasteiger partial charge in [-0.25, -0.2) is 0 Å². The first-order valence-corrected chi connectivity index (χ1v) is 6.33. The molecule has 0 bridgehead atoms. The summed E-state index contributed by atoms with van der Waals surface area (Å²) < 4.78 is 0. The van der Waals surface area contributed by atoms with Gasteiger partial charge >= 0.3 is 0 Å². The summed E-state index contributed by atoms with van der Waals surface area (Å²) >= 11 is 0. The summed E-state index contributed by atoms with van der Waals surface area (Å²) in [5.41, 5.74) is 6.86. The molecule has 18 heavy (non-hydrogen) atoms. The average Bonchev–Trinajstić information content (AvgIpc) is 3.18. The Morgan fingerprint density at radius 1 is 1.39 bits per heavy atom. The summed E-state index contributed by atoms with van der Waals surface area (Å²) in [4.78, 5) is 11.8. The molecule has 1 atom stereocenters. The van der Waals surface area contributed by atoms with Crippen molar-refractivity contribution < 1.29 is 9.90 Å². The predicted octanol–water partition coefficient (Wildman–Crippen LogP) is 0.445. The third kappa shape index (κ3) is 3.31. The number of aliphatic hydroxyl groups is 1. The molecule has 1 aromatic carbocycles. The topological polar surface area (TPSA) is 75.4 Å². The third-order valence-electron chi connectivity index (χ3n) is 3.57. The molecule has 1 saturated carbocycles. The van der Waals surface area contributed by atoms with Crippen molar-refractivity contribution in [3.63, 3.8) is 0 Å². The lowest BCUT2D eigenvalue weighted by atomic mass is 10.1. The summed E-state index contributed by atoms with van der Waals surface area (Å²) in [7, 11) is 0. The highest BCUT2D eigenvalue weighted by Gasteiger charge is 2.42. The Balaban J connectivity index is 1.78. The molecule has 0 radical (unpaired) electrons. The van der Waals surface area contributed by atoms with Crippen LogP contribution in [0.25, 0.3) is 0 Å². The molecule has 98 valence electrons. The van der Waals surface area contributed by atoms with E-state index in [4.69, 9.17) is 10.8 Å². The zero-order chi connectivity index (χ0) is 13.0. The van der Waals surface area contributed by atoms with Crippen molar-refractivity contribution in [2.45, 2.75) is 25.3 Å². The highest BCUT2D eigenvalue weighted by molar-refractivity contribution is 5.81. The third-order valence-corrected chi connectivity index (χ3v) is 3.57. The fourth-order valence-electron chi connectivity index (χ4n) is 1.93. The van der Waals surface area contributed by atoms with Crippen molar-refractivity contribution in [1.82, 2.24) is 5.32 Å². The van der Waals surface area contributed by atoms with Gasteiger partial charge in [-0.3, -0.25) is 4.79 Å². The van der Waals surface area contributed by atoms with Crippen LogP contribution in [0, 0.1) is 5.41 Å². The zero-order valence-electron chi connectivity index (χ0n) is 10.4. The maximum atomic E-state index is 11.8. The standard InChI is InChI=1S/C14H20N2O2/c15-12(8-11-4-2-1-3-5-11)13(18)16-9-14(10-17)6-7-14/h1-5,12,17H,6-10,15H2,(H,16,18). The van der Waals surface area contributed by atoms with E-state index in [1.807, 2.05) is 30.3 Å². The lowest BCUT2D eigenvalue weighted by Gasteiger charge is -2.16. The Labute approximate surface area is 107 Å². The fraction of sp³-hybridized carbons (Fsp3) is 0.500. The van der Waals surface area contributed by atoms with Crippen molar-refractivity contribution in [2.24, 2.45) is 11.1 Å². The molecule has 0 saturated heterocycles. The zero-order valence-corrected chi connectivity index (χ0v) is 10.4. The number of rotatable bonds is 6. The molecule has 1 aromatic rings. The normalized spacial score (nSPS) is 18.1. The highest BCUT2D eigenvalue weighted by Crippen LogP contribution is 2.44. The molecule has 4 N–H and O–H groups in total. The van der Waals surface area contributed by atoms with Gasteiger partial charge in [-0.15, -0.1) is 0 Å². The Hall–Kier alpha value is -1.39. The molecule has 4 heteroatoms. The van der Waals surface area contributed by atoms with Crippen molar-refractivity contribution in [2.75, 3.05) is 13.2 Å². The van der Waals surface area contributed by atoms with E-state index in [9.17, 15) is 4.79 Å². The second-order valence-corrected chi connectivity index (χ2v) is 5.17. The van der Waals surface area contributed by atoms with Gasteiger partial charge in [-0.1, -0.05) is 30.3 Å². The van der Waals surface area contributed by atoms with Crippen LogP contribution in [0.4, 0.5) is 0 Å². The van der Waals surface area contributed by atoms with Crippen LogP contribution in [0.1, 0.15) is 18.4 Å². The SMILES string of the molecule is NC(Cc1ccccc1)C(=O)NCC1(CO)CC1. The minimum absolute atomic E-state index is 0.0673. The lowest BCUT2D eigenvalue weighted by molar-refractivity contribution is -0.122. The Bertz CT molecular complexity index is 402. The maximum absolute atomic E-state index is 11.8. The predicted molar refractivity (Wildman–Crippen MR) is 69.9 cm³/mol. The monoisotopic (exact) mass is 248 g/mol. The van der Waals surface area contributed by atoms with Gasteiger partial charge in [0, 0.05) is 12.0 Å². The largest absolute Gasteiger partial charge is 0.396 e. The molecule has 0 aromatic heterocycles. The van der Waals surface area contributed by atoms with Gasteiger partial charge in [0.25, 0.3) is 0 Å². The molecule has 1 amide bonds. The van der Waals surface area contributed by atoms with E-state index in [0.717, 1.165) is 18.4 Å². The van der Waals surface area contributed by atoms with Gasteiger partial charge in [-0.2, -0.15) is 0 Å². The summed E-state index contributed by atoms with van der Waals surface area (Å²) in [6, 6.07) is 9.21. The Morgan fingerprint density at radius 3 is 2.61 bits per heavy atom. The van der Waals surface area contributed by atoms with Gasteiger partial charge in [0.1, 0.15) is 0 Å². The van der Waals surface area contributed by atoms with Crippen molar-refractivity contribution >= 4 is 5.91 Å². The summed E-state index contributed by atoms with van der Waals surface area (Å²) in [5, 5.41) is 12.0. The molecular weight excluding hydrogens is 228 g/mol. The first-order chi connectivity index (χ1) is 8.65. The van der Waals surface area contributed by atoms with Gasteiger partial charge < -0.3 is 16.2 Å². The number of nitrogens with two attached hydrogens (primary N) is 1. The summed E-state index contributed by atoms with van der Waals surface area (Å²) in [6.07, 6.45) is 2.51. The van der Waals surface area contributed by atoms with E-state index < -0.39 is 6.04 Å². The van der Waals surface area contributed by atoms with Gasteiger partial charge in [0.2, 0.25) is 5.91 Å². The van der Waals surface area contributed by atoms with E-state index in [1.54, 1.807) is 0 Å². The fourth-order valence-corrected chi connectivity index (χ4v) is 1.93. The van der Waals surface area contributed by atoms with Gasteiger partial charge in [0.05, 0.1) is 12.6 Å². The Kier molecular flexibility index (Phi) is 3.99. The molecule has 0 heterocycles. The molecule has 1 aliphatic rings. The number of carbonyl (C=O) groups is 1. The minimum atomic E-state index is -0.526. The van der Waals surface area contributed by atoms with Crippen LogP contribution in [-0.4, -0.2) is 30.2 Å². The van der Waals surface area contributed by atoms with E-state index in [-0.39, 0.29) is 17.9 Å². The molecule has 1 unspecified atom stereocenters. The van der Waals surface area contributed by atoms with Crippen LogP contribution >= 0.6 is 0 Å². The minimum Gasteiger partial charge on any atom is -0.396 e. The number of benzene rings is 1. The molecule has 0 spiro atoms. The van der Waals surface area contributed by atoms with E-state index in [0.29, 0.717) is 13.0 Å². The number of nitrogens with one attached hydrogen (secondary N) is 1. The van der Waals surface area contributed by atoms with Crippen molar-refractivity contribution in [3.05, 3.63) is 35.9 Å². The molecular formula is C14H20N2O2. The average molecular weight is 248 g/mol. The highest BCUT2D eigenvalue weighted by atomic mass is 16.3. The van der Waals surface area contributed by atoms with Crippen molar-refractivity contribution in [1.29, 1.82) is 0 Å². The van der Waals surface area contributed by atoms with Gasteiger partial charge in [-0.05, 0) is 24.8 Å². The molecule has 2 rings (SSSR count). The van der Waals surface area contributed by atoms with Crippen molar-refractivity contribution in [3.8, 4) is 0 Å². The number of hydrogen-bond acceptors (Lipinski definition) is 3. The summed E-state index contributed by atoms with van der Waals surface area (Å²) in [5.74, 6) is -0.140. The molecule has 4 nitrogen and oxygen atoms in total. The first-order valence-electron chi connectivity index (χ1n) is 6.33. The van der Waals surface area contributed by atoms with Gasteiger partial charge in [0.15, 0.2) is 0 Å². The maximum Gasteiger partial charge on any atom is 0.237 e. The number of aliphatic hydroxyl groups excluding tert-OH is 1. The number of carbonyl (C=O) groups excluding carboxylic acids is 1. The first kappa shape index (κ1) is 13.1. The lowest BCUT2D eigenvalue weighted by Crippen LogP contribution is -2.44. The number of hydrogen-bond donors (Lipinski definition) is 3. The van der Waals surface area contributed by atoms with Crippen LogP contribution in [0.15, 0.2) is 30.3 Å². The van der Waals surface area contributed by atoms with Crippen LogP contribution in [0.2, 0.25) is 0 Å². The number of amides is 1. The second kappa shape index (κ2) is 5.50. The van der Waals surface area contributed by atoms with E-state index in [1.165, 1.54) is 0 Å². The molecule has 1 fully saturated rings. The quantitative estimate of drug-likeness (QED) is 0.684. The molecule has 1 aliphatic carbocycles. The van der Waals surface area contributed by atoms with Crippen LogP contribution in [0.3, 0.4) is 0 Å². The molecule has 0 aliphatic heterocycles. The van der Waals surface area contributed by atoms with E-state index >= 15 is 0 Å². The second-order valence-electron chi connectivity index (χ2n) is 5.17. The smallest absolute Gasteiger partial charge is 0.237 e. The van der Waals surface area contributed by atoms with Crippen LogP contribution in [0.5, 0.6) is 0 Å². The van der Waals surface area contributed by atoms with Crippen LogP contribution < -0.4 is 11.1 Å². The Morgan fingerprint density at radius 2 is 2.06 bits per heavy atom. The van der Waals surface area contributed by atoms with E-state index in [2.05, 4.69) is 5.32 Å². The summed E-state index contributed by atoms with van der Waals surface area (Å²) in [6.45, 7) is 0.673. The van der Waals surface area contributed by atoms with Crippen LogP contribution in [-0.2, 0) is 11.2 Å².